The highest BCUT2D eigenvalue weighted by atomic mass is 35.5. The van der Waals surface area contributed by atoms with Crippen molar-refractivity contribution < 1.29 is 9.13 Å². The van der Waals surface area contributed by atoms with Crippen molar-refractivity contribution in [2.75, 3.05) is 13.6 Å². The van der Waals surface area contributed by atoms with Crippen LogP contribution in [0.3, 0.4) is 0 Å². The minimum Gasteiger partial charge on any atom is -0.489 e. The lowest BCUT2D eigenvalue weighted by Gasteiger charge is -2.18. The largest absolute Gasteiger partial charge is 0.489 e. The fourth-order valence-electron chi connectivity index (χ4n) is 1.54. The quantitative estimate of drug-likeness (QED) is 0.864. The molecule has 1 unspecified atom stereocenters. The first-order chi connectivity index (χ1) is 8.62. The smallest absolute Gasteiger partial charge is 0.143 e. The molecule has 1 atom stereocenters. The first kappa shape index (κ1) is 14.7. The van der Waals surface area contributed by atoms with E-state index in [9.17, 15) is 4.39 Å². The highest BCUT2D eigenvalue weighted by molar-refractivity contribution is 6.30. The van der Waals surface area contributed by atoms with Crippen LogP contribution in [0.2, 0.25) is 5.02 Å². The number of hydrogen-bond acceptors (Lipinski definition) is 3. The first-order valence-corrected chi connectivity index (χ1v) is 6.20. The van der Waals surface area contributed by atoms with Gasteiger partial charge in [0, 0.05) is 6.07 Å². The average molecular weight is 271 g/mol. The molecule has 0 aliphatic carbocycles. The molecular formula is C13H16ClFN2O. The monoisotopic (exact) mass is 270 g/mol. The fourth-order valence-corrected chi connectivity index (χ4v) is 1.70. The summed E-state index contributed by atoms with van der Waals surface area (Å²) < 4.78 is 18.9. The molecule has 18 heavy (non-hydrogen) atoms. The maximum Gasteiger partial charge on any atom is 0.143 e. The van der Waals surface area contributed by atoms with Crippen LogP contribution in [-0.4, -0.2) is 19.7 Å². The van der Waals surface area contributed by atoms with Crippen molar-refractivity contribution in [3.05, 3.63) is 28.5 Å². The second-order valence-electron chi connectivity index (χ2n) is 3.91. The number of nitrogens with zero attached hydrogens (tertiary/aromatic N) is 1. The highest BCUT2D eigenvalue weighted by Gasteiger charge is 2.14. The van der Waals surface area contributed by atoms with E-state index in [1.165, 1.54) is 6.07 Å². The van der Waals surface area contributed by atoms with Crippen LogP contribution >= 0.6 is 11.6 Å². The van der Waals surface area contributed by atoms with E-state index in [0.717, 1.165) is 25.5 Å². The maximum atomic E-state index is 13.2. The maximum absolute atomic E-state index is 13.2. The SMILES string of the molecule is CCC(CCNC)Oc1cc(Cl)c(F)cc1C#N. The Bertz CT molecular complexity index is 445. The Morgan fingerprint density at radius 3 is 2.83 bits per heavy atom. The summed E-state index contributed by atoms with van der Waals surface area (Å²) in [4.78, 5) is 0. The molecule has 98 valence electrons. The summed E-state index contributed by atoms with van der Waals surface area (Å²) >= 11 is 5.70. The predicted octanol–water partition coefficient (Wildman–Crippen LogP) is 3.12. The van der Waals surface area contributed by atoms with Crippen LogP contribution < -0.4 is 10.1 Å². The first-order valence-electron chi connectivity index (χ1n) is 5.82. The number of hydrogen-bond donors (Lipinski definition) is 1. The second kappa shape index (κ2) is 7.20. The molecule has 0 fully saturated rings. The summed E-state index contributed by atoms with van der Waals surface area (Å²) in [6.45, 7) is 2.81. The third-order valence-electron chi connectivity index (χ3n) is 2.61. The number of nitrogens with one attached hydrogen (secondary N) is 1. The molecule has 1 aromatic rings. The molecule has 0 heterocycles. The average Bonchev–Trinajstić information content (AvgIpc) is 2.38. The fraction of sp³-hybridized carbons (Fsp3) is 0.462. The summed E-state index contributed by atoms with van der Waals surface area (Å²) in [7, 11) is 1.86. The Labute approximate surface area is 112 Å². The van der Waals surface area contributed by atoms with Gasteiger partial charge in [0.15, 0.2) is 0 Å². The molecule has 1 rings (SSSR count). The van der Waals surface area contributed by atoms with Crippen LogP contribution in [0.15, 0.2) is 12.1 Å². The molecule has 0 aliphatic rings. The number of rotatable bonds is 6. The zero-order valence-corrected chi connectivity index (χ0v) is 11.2. The Morgan fingerprint density at radius 1 is 1.56 bits per heavy atom. The molecule has 0 saturated carbocycles. The molecule has 0 aliphatic heterocycles. The Balaban J connectivity index is 2.88. The van der Waals surface area contributed by atoms with Gasteiger partial charge in [0.05, 0.1) is 16.7 Å². The molecular weight excluding hydrogens is 255 g/mol. The van der Waals surface area contributed by atoms with Crippen LogP contribution in [0.4, 0.5) is 4.39 Å². The van der Waals surface area contributed by atoms with Gasteiger partial charge in [0.2, 0.25) is 0 Å². The third kappa shape index (κ3) is 3.86. The summed E-state index contributed by atoms with van der Waals surface area (Å²) in [5.74, 6) is -0.268. The zero-order valence-electron chi connectivity index (χ0n) is 10.5. The Morgan fingerprint density at radius 2 is 2.28 bits per heavy atom. The van der Waals surface area contributed by atoms with E-state index < -0.39 is 5.82 Å². The number of nitriles is 1. The Hall–Kier alpha value is -1.31. The molecule has 1 aromatic carbocycles. The van der Waals surface area contributed by atoms with Gasteiger partial charge in [-0.05, 0) is 32.5 Å². The van der Waals surface area contributed by atoms with Crippen LogP contribution in [0.5, 0.6) is 5.75 Å². The van der Waals surface area contributed by atoms with Crippen LogP contribution in [0.25, 0.3) is 0 Å². The summed E-state index contributed by atoms with van der Waals surface area (Å²) in [6.07, 6.45) is 1.60. The van der Waals surface area contributed by atoms with Crippen LogP contribution in [-0.2, 0) is 0 Å². The molecule has 0 radical (unpaired) electrons. The van der Waals surface area contributed by atoms with E-state index in [1.807, 2.05) is 20.0 Å². The molecule has 0 aromatic heterocycles. The summed E-state index contributed by atoms with van der Waals surface area (Å²) in [5, 5.41) is 11.9. The molecule has 1 N–H and O–H groups in total. The molecule has 0 amide bonds. The lowest BCUT2D eigenvalue weighted by molar-refractivity contribution is 0.186. The second-order valence-corrected chi connectivity index (χ2v) is 4.32. The molecule has 5 heteroatoms. The summed E-state index contributed by atoms with van der Waals surface area (Å²) in [5.41, 5.74) is 0.166. The van der Waals surface area contributed by atoms with Gasteiger partial charge in [-0.2, -0.15) is 5.26 Å². The molecule has 0 bridgehead atoms. The van der Waals surface area contributed by atoms with Crippen molar-refractivity contribution in [3.63, 3.8) is 0 Å². The minimum absolute atomic E-state index is 0.0222. The standard InChI is InChI=1S/C13H16ClFN2O/c1-3-10(4-5-17-2)18-13-7-11(14)12(15)6-9(13)8-16/h6-7,10,17H,3-5H2,1-2H3. The van der Waals surface area contributed by atoms with Gasteiger partial charge in [0.1, 0.15) is 17.6 Å². The summed E-state index contributed by atoms with van der Waals surface area (Å²) in [6, 6.07) is 4.37. The lowest BCUT2D eigenvalue weighted by Crippen LogP contribution is -2.22. The number of ether oxygens (including phenoxy) is 1. The van der Waals surface area contributed by atoms with Gasteiger partial charge in [-0.1, -0.05) is 18.5 Å². The van der Waals surface area contributed by atoms with Crippen molar-refractivity contribution in [2.24, 2.45) is 0 Å². The van der Waals surface area contributed by atoms with Crippen molar-refractivity contribution >= 4 is 11.6 Å². The number of halogens is 2. The van der Waals surface area contributed by atoms with Crippen LogP contribution in [0.1, 0.15) is 25.3 Å². The van der Waals surface area contributed by atoms with Gasteiger partial charge in [-0.3, -0.25) is 0 Å². The van der Waals surface area contributed by atoms with E-state index in [1.54, 1.807) is 0 Å². The third-order valence-corrected chi connectivity index (χ3v) is 2.90. The van der Waals surface area contributed by atoms with Gasteiger partial charge >= 0.3 is 0 Å². The van der Waals surface area contributed by atoms with E-state index in [4.69, 9.17) is 21.6 Å². The van der Waals surface area contributed by atoms with Gasteiger partial charge < -0.3 is 10.1 Å². The van der Waals surface area contributed by atoms with Crippen molar-refractivity contribution in [1.29, 1.82) is 5.26 Å². The van der Waals surface area contributed by atoms with E-state index in [2.05, 4.69) is 5.32 Å². The minimum atomic E-state index is -0.608. The van der Waals surface area contributed by atoms with Crippen LogP contribution in [0, 0.1) is 17.1 Å². The van der Waals surface area contributed by atoms with Gasteiger partial charge in [-0.15, -0.1) is 0 Å². The highest BCUT2D eigenvalue weighted by Crippen LogP contribution is 2.27. The Kier molecular flexibility index (Phi) is 5.90. The topological polar surface area (TPSA) is 45.0 Å². The molecule has 0 saturated heterocycles. The van der Waals surface area contributed by atoms with Crippen molar-refractivity contribution in [2.45, 2.75) is 25.9 Å². The van der Waals surface area contributed by atoms with E-state index in [0.29, 0.717) is 5.75 Å². The van der Waals surface area contributed by atoms with Crippen molar-refractivity contribution in [1.82, 2.24) is 5.32 Å². The van der Waals surface area contributed by atoms with Crippen molar-refractivity contribution in [3.8, 4) is 11.8 Å². The zero-order chi connectivity index (χ0) is 13.5. The number of benzene rings is 1. The molecule has 0 spiro atoms. The predicted molar refractivity (Wildman–Crippen MR) is 69.4 cm³/mol. The normalized spacial score (nSPS) is 11.9. The van der Waals surface area contributed by atoms with Gasteiger partial charge in [-0.25, -0.2) is 4.39 Å². The van der Waals surface area contributed by atoms with Gasteiger partial charge in [0.25, 0.3) is 0 Å². The lowest BCUT2D eigenvalue weighted by atomic mass is 10.1. The molecule has 3 nitrogen and oxygen atoms in total. The van der Waals surface area contributed by atoms with E-state index in [-0.39, 0.29) is 16.7 Å². The van der Waals surface area contributed by atoms with E-state index >= 15 is 0 Å².